The molecule has 1 aromatic heterocycles. The molecule has 30 heavy (non-hydrogen) atoms. The predicted octanol–water partition coefficient (Wildman–Crippen LogP) is 4.75. The van der Waals surface area contributed by atoms with Crippen molar-refractivity contribution >= 4 is 40.9 Å². The molecule has 2 aromatic rings. The van der Waals surface area contributed by atoms with Gasteiger partial charge in [0.15, 0.2) is 5.11 Å². The summed E-state index contributed by atoms with van der Waals surface area (Å²) < 4.78 is 2.37. The Kier molecular flexibility index (Phi) is 5.60. The Hall–Kier alpha value is -2.73. The molecule has 0 atom stereocenters. The molecule has 1 aliphatic heterocycles. The van der Waals surface area contributed by atoms with Gasteiger partial charge in [-0.2, -0.15) is 0 Å². The Balaban J connectivity index is 1.70. The maximum absolute atomic E-state index is 13.2. The Labute approximate surface area is 182 Å². The maximum atomic E-state index is 13.2. The smallest absolute Gasteiger partial charge is 0.270 e. The summed E-state index contributed by atoms with van der Waals surface area (Å²) in [5.41, 5.74) is 5.02. The Morgan fingerprint density at radius 1 is 1.03 bits per heavy atom. The van der Waals surface area contributed by atoms with Crippen molar-refractivity contribution in [3.63, 3.8) is 0 Å². The normalized spacial score (nSPS) is 19.5. The monoisotopic (exact) mass is 421 g/mol. The van der Waals surface area contributed by atoms with Crippen molar-refractivity contribution in [1.29, 1.82) is 0 Å². The molecular formula is C24H27N3O2S. The number of aromatic nitrogens is 1. The Bertz CT molecular complexity index is 1040. The third kappa shape index (κ3) is 3.72. The molecule has 2 heterocycles. The van der Waals surface area contributed by atoms with Crippen LogP contribution in [0.4, 0.5) is 5.69 Å². The highest BCUT2D eigenvalue weighted by Crippen LogP contribution is 2.33. The summed E-state index contributed by atoms with van der Waals surface area (Å²) in [5.74, 6) is -0.842. The molecule has 0 unspecified atom stereocenters. The van der Waals surface area contributed by atoms with Crippen molar-refractivity contribution in [1.82, 2.24) is 9.88 Å². The zero-order valence-electron chi connectivity index (χ0n) is 17.7. The average molecular weight is 422 g/mol. The van der Waals surface area contributed by atoms with Gasteiger partial charge >= 0.3 is 0 Å². The van der Waals surface area contributed by atoms with Crippen LogP contribution in [0.2, 0.25) is 0 Å². The summed E-state index contributed by atoms with van der Waals surface area (Å²) in [6, 6.07) is 10.1. The van der Waals surface area contributed by atoms with Gasteiger partial charge < -0.3 is 4.57 Å². The van der Waals surface area contributed by atoms with Crippen molar-refractivity contribution in [2.75, 3.05) is 4.90 Å². The number of thiocarbonyl (C=S) groups is 1. The van der Waals surface area contributed by atoms with Gasteiger partial charge in [-0.15, -0.1) is 0 Å². The zero-order valence-corrected chi connectivity index (χ0v) is 18.5. The maximum Gasteiger partial charge on any atom is 0.270 e. The molecular weight excluding hydrogens is 394 g/mol. The van der Waals surface area contributed by atoms with Crippen molar-refractivity contribution in [3.8, 4) is 0 Å². The Morgan fingerprint density at radius 2 is 1.70 bits per heavy atom. The number of carbonyl (C=O) groups excluding carboxylic acids is 2. The molecule has 1 saturated heterocycles. The molecule has 2 amide bonds. The lowest BCUT2D eigenvalue weighted by atomic mass is 9.95. The molecule has 0 spiro atoms. The number of nitrogens with one attached hydrogen (secondary N) is 1. The van der Waals surface area contributed by atoms with Crippen molar-refractivity contribution < 1.29 is 9.59 Å². The molecule has 5 nitrogen and oxygen atoms in total. The van der Waals surface area contributed by atoms with Crippen LogP contribution in [-0.4, -0.2) is 21.5 Å². The molecule has 6 heteroatoms. The third-order valence-electron chi connectivity index (χ3n) is 6.16. The van der Waals surface area contributed by atoms with Crippen LogP contribution in [0.25, 0.3) is 6.08 Å². The number of hydrogen-bond acceptors (Lipinski definition) is 3. The molecule has 156 valence electrons. The first-order chi connectivity index (χ1) is 14.4. The van der Waals surface area contributed by atoms with Crippen LogP contribution in [0.3, 0.4) is 0 Å². The van der Waals surface area contributed by atoms with Gasteiger partial charge in [-0.05, 0) is 75.7 Å². The first kappa shape index (κ1) is 20.5. The first-order valence-corrected chi connectivity index (χ1v) is 10.9. The van der Waals surface area contributed by atoms with Gasteiger partial charge in [-0.1, -0.05) is 37.0 Å². The van der Waals surface area contributed by atoms with Gasteiger partial charge in [0, 0.05) is 17.4 Å². The van der Waals surface area contributed by atoms with Gasteiger partial charge in [0.25, 0.3) is 11.8 Å². The number of aryl methyl sites for hydroxylation is 2. The zero-order chi connectivity index (χ0) is 21.4. The van der Waals surface area contributed by atoms with E-state index in [1.54, 1.807) is 6.08 Å². The lowest BCUT2D eigenvalue weighted by molar-refractivity contribution is -0.122. The molecule has 1 aromatic carbocycles. The van der Waals surface area contributed by atoms with Gasteiger partial charge in [-0.3, -0.25) is 19.8 Å². The first-order valence-electron chi connectivity index (χ1n) is 10.5. The molecule has 2 fully saturated rings. The molecule has 0 radical (unpaired) electrons. The minimum Gasteiger partial charge on any atom is -0.346 e. The van der Waals surface area contributed by atoms with E-state index >= 15 is 0 Å². The number of rotatable bonds is 3. The second kappa shape index (κ2) is 8.19. The molecule has 2 aliphatic rings. The molecule has 1 N–H and O–H groups in total. The minimum absolute atomic E-state index is 0.105. The van der Waals surface area contributed by atoms with E-state index in [-0.39, 0.29) is 10.7 Å². The van der Waals surface area contributed by atoms with Gasteiger partial charge in [-0.25, -0.2) is 0 Å². The van der Waals surface area contributed by atoms with Crippen LogP contribution in [0, 0.1) is 20.8 Å². The number of anilines is 1. The van der Waals surface area contributed by atoms with Crippen molar-refractivity contribution in [2.45, 2.75) is 58.9 Å². The fraction of sp³-hybridized carbons (Fsp3) is 0.375. The topological polar surface area (TPSA) is 54.3 Å². The van der Waals surface area contributed by atoms with Gasteiger partial charge in [0.1, 0.15) is 5.57 Å². The fourth-order valence-electron chi connectivity index (χ4n) is 4.59. The fourth-order valence-corrected chi connectivity index (χ4v) is 4.87. The summed E-state index contributed by atoms with van der Waals surface area (Å²) >= 11 is 5.29. The van der Waals surface area contributed by atoms with Crippen LogP contribution in [0.5, 0.6) is 0 Å². The number of nitrogens with zero attached hydrogens (tertiary/aromatic N) is 2. The van der Waals surface area contributed by atoms with Gasteiger partial charge in [0.05, 0.1) is 5.69 Å². The second-order valence-electron chi connectivity index (χ2n) is 8.28. The summed E-state index contributed by atoms with van der Waals surface area (Å²) in [5, 5.41) is 2.78. The molecule has 0 bridgehead atoms. The molecule has 4 rings (SSSR count). The average Bonchev–Trinajstić information content (AvgIpc) is 3.00. The van der Waals surface area contributed by atoms with Crippen LogP contribution >= 0.6 is 12.2 Å². The van der Waals surface area contributed by atoms with Crippen LogP contribution in [0.1, 0.15) is 60.7 Å². The van der Waals surface area contributed by atoms with Crippen LogP contribution in [0.15, 0.2) is 35.9 Å². The highest BCUT2D eigenvalue weighted by Gasteiger charge is 2.34. The number of carbonyl (C=O) groups is 2. The largest absolute Gasteiger partial charge is 0.346 e. The van der Waals surface area contributed by atoms with E-state index in [0.29, 0.717) is 11.7 Å². The third-order valence-corrected chi connectivity index (χ3v) is 6.44. The van der Waals surface area contributed by atoms with E-state index in [1.807, 2.05) is 31.2 Å². The molecule has 1 aliphatic carbocycles. The summed E-state index contributed by atoms with van der Waals surface area (Å²) in [7, 11) is 0. The van der Waals surface area contributed by atoms with E-state index in [9.17, 15) is 9.59 Å². The van der Waals surface area contributed by atoms with Gasteiger partial charge in [0.2, 0.25) is 0 Å². The van der Waals surface area contributed by atoms with Crippen molar-refractivity contribution in [2.24, 2.45) is 0 Å². The summed E-state index contributed by atoms with van der Waals surface area (Å²) in [6.07, 6.45) is 7.88. The van der Waals surface area contributed by atoms with Crippen LogP contribution in [-0.2, 0) is 9.59 Å². The minimum atomic E-state index is -0.448. The highest BCUT2D eigenvalue weighted by atomic mass is 32.1. The predicted molar refractivity (Wildman–Crippen MR) is 123 cm³/mol. The number of amides is 2. The SMILES string of the molecule is Cc1ccc(N2C(=O)C(=Cc3cc(C)n(C4CCCCC4)c3C)C(=O)NC2=S)cc1. The van der Waals surface area contributed by atoms with E-state index in [4.69, 9.17) is 12.2 Å². The van der Waals surface area contributed by atoms with E-state index in [0.717, 1.165) is 16.8 Å². The highest BCUT2D eigenvalue weighted by molar-refractivity contribution is 7.80. The van der Waals surface area contributed by atoms with E-state index in [2.05, 4.69) is 29.8 Å². The molecule has 1 saturated carbocycles. The quantitative estimate of drug-likeness (QED) is 0.442. The number of hydrogen-bond donors (Lipinski definition) is 1. The van der Waals surface area contributed by atoms with E-state index in [1.165, 1.54) is 42.7 Å². The van der Waals surface area contributed by atoms with E-state index < -0.39 is 11.8 Å². The Morgan fingerprint density at radius 3 is 2.37 bits per heavy atom. The summed E-state index contributed by atoms with van der Waals surface area (Å²) in [6.45, 7) is 6.15. The lowest BCUT2D eigenvalue weighted by Crippen LogP contribution is -2.54. The lowest BCUT2D eigenvalue weighted by Gasteiger charge is -2.29. The van der Waals surface area contributed by atoms with Crippen molar-refractivity contribution in [3.05, 3.63) is 58.4 Å². The second-order valence-corrected chi connectivity index (χ2v) is 8.67. The standard InChI is InChI=1S/C24H27N3O2S/c1-15-9-11-20(12-10-15)27-23(29)21(22(28)25-24(27)30)14-18-13-16(2)26(17(18)3)19-7-5-4-6-8-19/h9-14,19H,4-8H2,1-3H3,(H,25,28,30). The van der Waals surface area contributed by atoms with Crippen LogP contribution < -0.4 is 10.2 Å². The summed E-state index contributed by atoms with van der Waals surface area (Å²) in [4.78, 5) is 27.3. The number of benzene rings is 1.